The Hall–Kier alpha value is -0.640. The van der Waals surface area contributed by atoms with E-state index < -0.39 is 11.6 Å². The van der Waals surface area contributed by atoms with E-state index in [1.54, 1.807) is 0 Å². The third kappa shape index (κ3) is 4.08. The summed E-state index contributed by atoms with van der Waals surface area (Å²) in [7, 11) is 0. The van der Waals surface area contributed by atoms with E-state index in [4.69, 9.17) is 0 Å². The van der Waals surface area contributed by atoms with Crippen molar-refractivity contribution in [2.24, 2.45) is 5.41 Å². The van der Waals surface area contributed by atoms with Gasteiger partial charge < -0.3 is 5.32 Å². The molecular weight excluding hydrogens is 276 g/mol. The van der Waals surface area contributed by atoms with E-state index in [0.717, 1.165) is 12.5 Å². The molecule has 0 spiro atoms. The molecule has 0 atom stereocenters. The second-order valence-electron chi connectivity index (χ2n) is 4.98. The summed E-state index contributed by atoms with van der Waals surface area (Å²) in [5.41, 5.74) is 0.526. The van der Waals surface area contributed by atoms with Crippen molar-refractivity contribution in [2.45, 2.75) is 27.2 Å². The van der Waals surface area contributed by atoms with Crippen molar-refractivity contribution in [2.75, 3.05) is 11.9 Å². The Morgan fingerprint density at radius 3 is 2.38 bits per heavy atom. The predicted molar refractivity (Wildman–Crippen MR) is 66.6 cm³/mol. The Morgan fingerprint density at radius 2 is 1.81 bits per heavy atom. The maximum Gasteiger partial charge on any atom is 0.149 e. The molecule has 0 radical (unpaired) electrons. The molecule has 16 heavy (non-hydrogen) atoms. The lowest BCUT2D eigenvalue weighted by Gasteiger charge is -2.18. The van der Waals surface area contributed by atoms with E-state index >= 15 is 0 Å². The Labute approximate surface area is 103 Å². The van der Waals surface area contributed by atoms with Gasteiger partial charge >= 0.3 is 0 Å². The van der Waals surface area contributed by atoms with Crippen LogP contribution in [0.25, 0.3) is 0 Å². The fourth-order valence-corrected chi connectivity index (χ4v) is 1.57. The van der Waals surface area contributed by atoms with Gasteiger partial charge in [0.25, 0.3) is 0 Å². The van der Waals surface area contributed by atoms with Crippen LogP contribution in [0.3, 0.4) is 0 Å². The first kappa shape index (κ1) is 13.4. The normalized spacial score (nSPS) is 11.6. The van der Waals surface area contributed by atoms with Gasteiger partial charge in [-0.3, -0.25) is 0 Å². The van der Waals surface area contributed by atoms with Crippen LogP contribution in [0.15, 0.2) is 16.6 Å². The van der Waals surface area contributed by atoms with Crippen LogP contribution in [0.4, 0.5) is 14.5 Å². The van der Waals surface area contributed by atoms with Crippen LogP contribution in [-0.4, -0.2) is 6.54 Å². The lowest BCUT2D eigenvalue weighted by atomic mass is 9.92. The van der Waals surface area contributed by atoms with Crippen molar-refractivity contribution < 1.29 is 8.78 Å². The first-order valence-corrected chi connectivity index (χ1v) is 5.97. The van der Waals surface area contributed by atoms with Gasteiger partial charge in [-0.05, 0) is 33.8 Å². The van der Waals surface area contributed by atoms with Crippen LogP contribution in [0.2, 0.25) is 0 Å². The molecule has 0 saturated carbocycles. The lowest BCUT2D eigenvalue weighted by Crippen LogP contribution is -2.13. The second kappa shape index (κ2) is 5.13. The van der Waals surface area contributed by atoms with Crippen LogP contribution in [0, 0.1) is 17.0 Å². The number of nitrogens with one attached hydrogen (secondary N) is 1. The molecular formula is C12H16BrF2N. The van der Waals surface area contributed by atoms with Crippen molar-refractivity contribution >= 4 is 21.6 Å². The lowest BCUT2D eigenvalue weighted by molar-refractivity contribution is 0.389. The van der Waals surface area contributed by atoms with Gasteiger partial charge in [0.15, 0.2) is 0 Å². The minimum absolute atomic E-state index is 0.195. The number of halogens is 3. The second-order valence-corrected chi connectivity index (χ2v) is 5.84. The fourth-order valence-electron chi connectivity index (χ4n) is 1.23. The highest BCUT2D eigenvalue weighted by atomic mass is 79.9. The van der Waals surface area contributed by atoms with Gasteiger partial charge in [0.2, 0.25) is 0 Å². The van der Waals surface area contributed by atoms with Gasteiger partial charge in [-0.2, -0.15) is 0 Å². The molecule has 0 unspecified atom stereocenters. The summed E-state index contributed by atoms with van der Waals surface area (Å²) in [4.78, 5) is 0. The Morgan fingerprint density at radius 1 is 1.19 bits per heavy atom. The van der Waals surface area contributed by atoms with E-state index in [9.17, 15) is 8.78 Å². The van der Waals surface area contributed by atoms with Crippen molar-refractivity contribution in [1.82, 2.24) is 0 Å². The molecule has 0 saturated heterocycles. The maximum absolute atomic E-state index is 13.3. The molecule has 0 bridgehead atoms. The van der Waals surface area contributed by atoms with Gasteiger partial charge in [-0.25, -0.2) is 8.78 Å². The molecule has 1 aromatic rings. The highest BCUT2D eigenvalue weighted by Gasteiger charge is 2.11. The molecule has 4 heteroatoms. The Balaban J connectivity index is 2.64. The summed E-state index contributed by atoms with van der Waals surface area (Å²) < 4.78 is 26.6. The molecule has 0 heterocycles. The van der Waals surface area contributed by atoms with Crippen molar-refractivity contribution in [3.05, 3.63) is 28.2 Å². The topological polar surface area (TPSA) is 12.0 Å². The molecule has 1 nitrogen and oxygen atoms in total. The predicted octanol–water partition coefficient (Wildman–Crippen LogP) is 4.58. The molecule has 0 fully saturated rings. The van der Waals surface area contributed by atoms with Crippen LogP contribution >= 0.6 is 15.9 Å². The Kier molecular flexibility index (Phi) is 4.30. The molecule has 1 aromatic carbocycles. The number of hydrogen-bond acceptors (Lipinski definition) is 1. The van der Waals surface area contributed by atoms with Crippen LogP contribution < -0.4 is 5.32 Å². The molecule has 90 valence electrons. The number of hydrogen-bond donors (Lipinski definition) is 1. The quantitative estimate of drug-likeness (QED) is 0.804. The average molecular weight is 292 g/mol. The zero-order valence-electron chi connectivity index (χ0n) is 9.70. The summed E-state index contributed by atoms with van der Waals surface area (Å²) in [6.45, 7) is 7.02. The molecule has 0 amide bonds. The number of benzene rings is 1. The van der Waals surface area contributed by atoms with Crippen LogP contribution in [0.1, 0.15) is 27.2 Å². The molecule has 1 rings (SSSR count). The standard InChI is InChI=1S/C12H16BrF2N/c1-12(2,3)4-5-16-11-6-8(13)9(14)7-10(11)15/h6-7,16H,4-5H2,1-3H3. The smallest absolute Gasteiger partial charge is 0.149 e. The van der Waals surface area contributed by atoms with E-state index in [1.807, 2.05) is 0 Å². The largest absolute Gasteiger partial charge is 0.383 e. The zero-order chi connectivity index (χ0) is 12.3. The minimum atomic E-state index is -0.584. The molecule has 0 aromatic heterocycles. The molecule has 0 aliphatic heterocycles. The molecule has 1 N–H and O–H groups in total. The summed E-state index contributed by atoms with van der Waals surface area (Å²) in [6, 6.07) is 2.30. The average Bonchev–Trinajstić information content (AvgIpc) is 2.11. The van der Waals surface area contributed by atoms with Gasteiger partial charge in [0.05, 0.1) is 10.2 Å². The van der Waals surface area contributed by atoms with E-state index in [2.05, 4.69) is 42.0 Å². The third-order valence-electron chi connectivity index (χ3n) is 2.20. The molecule has 0 aliphatic rings. The third-order valence-corrected chi connectivity index (χ3v) is 2.81. The molecule has 0 aliphatic carbocycles. The maximum atomic E-state index is 13.3. The van der Waals surface area contributed by atoms with E-state index in [-0.39, 0.29) is 9.89 Å². The van der Waals surface area contributed by atoms with Crippen molar-refractivity contribution in [1.29, 1.82) is 0 Å². The van der Waals surface area contributed by atoms with Gasteiger partial charge in [-0.1, -0.05) is 20.8 Å². The monoisotopic (exact) mass is 291 g/mol. The van der Waals surface area contributed by atoms with Gasteiger partial charge in [0, 0.05) is 12.6 Å². The minimum Gasteiger partial charge on any atom is -0.383 e. The van der Waals surface area contributed by atoms with Gasteiger partial charge in [-0.15, -0.1) is 0 Å². The van der Waals surface area contributed by atoms with Crippen LogP contribution in [0.5, 0.6) is 0 Å². The summed E-state index contributed by atoms with van der Waals surface area (Å²) >= 11 is 3.03. The van der Waals surface area contributed by atoms with Crippen molar-refractivity contribution in [3.8, 4) is 0 Å². The first-order valence-electron chi connectivity index (χ1n) is 5.18. The van der Waals surface area contributed by atoms with E-state index in [1.165, 1.54) is 6.07 Å². The summed E-state index contributed by atoms with van der Waals surface area (Å²) in [5, 5.41) is 2.97. The highest BCUT2D eigenvalue weighted by Crippen LogP contribution is 2.24. The fraction of sp³-hybridized carbons (Fsp3) is 0.500. The van der Waals surface area contributed by atoms with Crippen LogP contribution in [-0.2, 0) is 0 Å². The SMILES string of the molecule is CC(C)(C)CCNc1cc(Br)c(F)cc1F. The Bertz CT molecular complexity index is 372. The first-order chi connectivity index (χ1) is 7.29. The summed E-state index contributed by atoms with van der Waals surface area (Å²) in [6.07, 6.45) is 0.918. The summed E-state index contributed by atoms with van der Waals surface area (Å²) in [5.74, 6) is -1.14. The number of anilines is 1. The number of rotatable bonds is 3. The van der Waals surface area contributed by atoms with Gasteiger partial charge in [0.1, 0.15) is 11.6 Å². The van der Waals surface area contributed by atoms with Crippen molar-refractivity contribution in [3.63, 3.8) is 0 Å². The van der Waals surface area contributed by atoms with E-state index in [0.29, 0.717) is 12.2 Å². The zero-order valence-corrected chi connectivity index (χ0v) is 11.3. The highest BCUT2D eigenvalue weighted by molar-refractivity contribution is 9.10.